The fourth-order valence-corrected chi connectivity index (χ4v) is 3.48. The van der Waals surface area contributed by atoms with E-state index in [1.165, 1.54) is 5.56 Å². The van der Waals surface area contributed by atoms with Crippen molar-refractivity contribution in [3.8, 4) is 0 Å². The zero-order valence-electron chi connectivity index (χ0n) is 17.4. The molecule has 1 heterocycles. The van der Waals surface area contributed by atoms with Crippen molar-refractivity contribution in [3.05, 3.63) is 35.4 Å². The molecule has 2 amide bonds. The number of urea groups is 1. The van der Waals surface area contributed by atoms with Crippen LogP contribution in [-0.4, -0.2) is 72.8 Å². The van der Waals surface area contributed by atoms with Crippen LogP contribution < -0.4 is 5.32 Å². The Labute approximate surface area is 167 Å². The Morgan fingerprint density at radius 2 is 2.00 bits per heavy atom. The van der Waals surface area contributed by atoms with Crippen molar-refractivity contribution in [2.45, 2.75) is 39.3 Å². The van der Waals surface area contributed by atoms with E-state index in [-0.39, 0.29) is 30.6 Å². The molecule has 2 atom stereocenters. The van der Waals surface area contributed by atoms with Gasteiger partial charge in [0.1, 0.15) is 0 Å². The third-order valence-corrected chi connectivity index (χ3v) is 5.04. The second kappa shape index (κ2) is 10.4. The number of aliphatic carboxylic acids is 1. The first-order chi connectivity index (χ1) is 13.3. The number of rotatable bonds is 8. The van der Waals surface area contributed by atoms with Crippen molar-refractivity contribution >= 4 is 12.0 Å². The predicted molar refractivity (Wildman–Crippen MR) is 108 cm³/mol. The van der Waals surface area contributed by atoms with E-state index in [4.69, 9.17) is 9.84 Å². The molecule has 2 rings (SSSR count). The number of ether oxygens (including phenoxy) is 1. The van der Waals surface area contributed by atoms with E-state index < -0.39 is 5.97 Å². The molecule has 1 aromatic carbocycles. The van der Waals surface area contributed by atoms with Gasteiger partial charge in [0, 0.05) is 19.6 Å². The molecule has 0 spiro atoms. The number of morpholine rings is 1. The van der Waals surface area contributed by atoms with Gasteiger partial charge in [0.25, 0.3) is 0 Å². The van der Waals surface area contributed by atoms with Crippen molar-refractivity contribution in [1.82, 2.24) is 15.1 Å². The molecule has 1 aliphatic rings. The number of amides is 2. The molecule has 1 aromatic rings. The Morgan fingerprint density at radius 3 is 2.57 bits per heavy atom. The molecule has 156 valence electrons. The quantitative estimate of drug-likeness (QED) is 0.711. The molecule has 0 aliphatic carbocycles. The number of carboxylic acid groups (broad SMARTS) is 1. The summed E-state index contributed by atoms with van der Waals surface area (Å²) in [6, 6.07) is 8.24. The number of likely N-dealkylation sites (N-methyl/N-ethyl adjacent to an activating group) is 1. The smallest absolute Gasteiger partial charge is 0.318 e. The lowest BCUT2D eigenvalue weighted by molar-refractivity contribution is -0.138. The normalized spacial score (nSPS) is 18.4. The van der Waals surface area contributed by atoms with Crippen LogP contribution in [-0.2, 0) is 16.0 Å². The summed E-state index contributed by atoms with van der Waals surface area (Å²) < 4.78 is 5.72. The molecule has 0 bridgehead atoms. The Morgan fingerprint density at radius 1 is 1.32 bits per heavy atom. The minimum Gasteiger partial charge on any atom is -0.480 e. The zero-order valence-corrected chi connectivity index (χ0v) is 17.4. The van der Waals surface area contributed by atoms with Crippen LogP contribution in [0.25, 0.3) is 0 Å². The molecule has 0 radical (unpaired) electrons. The summed E-state index contributed by atoms with van der Waals surface area (Å²) >= 11 is 0. The fourth-order valence-electron chi connectivity index (χ4n) is 3.48. The molecular formula is C21H33N3O4. The molecule has 0 aromatic heterocycles. The number of hydrogen-bond donors (Lipinski definition) is 2. The molecule has 0 saturated carbocycles. The Kier molecular flexibility index (Phi) is 8.26. The second-order valence-electron chi connectivity index (χ2n) is 7.80. The van der Waals surface area contributed by atoms with E-state index >= 15 is 0 Å². The summed E-state index contributed by atoms with van der Waals surface area (Å²) in [7, 11) is 1.74. The molecule has 7 nitrogen and oxygen atoms in total. The van der Waals surface area contributed by atoms with Gasteiger partial charge in [0.2, 0.25) is 0 Å². The summed E-state index contributed by atoms with van der Waals surface area (Å²) in [6.45, 7) is 8.19. The van der Waals surface area contributed by atoms with Crippen molar-refractivity contribution in [2.24, 2.45) is 5.92 Å². The Balaban J connectivity index is 1.97. The van der Waals surface area contributed by atoms with Crippen LogP contribution in [0.2, 0.25) is 0 Å². The van der Waals surface area contributed by atoms with Crippen LogP contribution in [0, 0.1) is 5.92 Å². The number of hydrogen-bond acceptors (Lipinski definition) is 4. The standard InChI is InChI=1S/C21H33N3O4/c1-5-16-6-8-17(9-7-16)20(15(2)3)22-21(27)24-10-11-28-18(13-24)12-23(4)14-19(25)26/h6-9,15,18,20H,5,10-14H2,1-4H3,(H,22,27)(H,25,26). The van der Waals surface area contributed by atoms with E-state index in [0.717, 1.165) is 12.0 Å². The lowest BCUT2D eigenvalue weighted by atomic mass is 9.95. The molecule has 2 N–H and O–H groups in total. The van der Waals surface area contributed by atoms with E-state index in [1.54, 1.807) is 16.8 Å². The molecule has 7 heteroatoms. The first-order valence-corrected chi connectivity index (χ1v) is 9.96. The summed E-state index contributed by atoms with van der Waals surface area (Å²) in [4.78, 5) is 27.2. The van der Waals surface area contributed by atoms with Gasteiger partial charge in [0.05, 0.1) is 25.3 Å². The number of carboxylic acids is 1. The molecule has 1 saturated heterocycles. The fraction of sp³-hybridized carbons (Fsp3) is 0.619. The summed E-state index contributed by atoms with van der Waals surface area (Å²) in [5.74, 6) is -0.614. The van der Waals surface area contributed by atoms with Crippen LogP contribution in [0.15, 0.2) is 24.3 Å². The van der Waals surface area contributed by atoms with Crippen molar-refractivity contribution in [2.75, 3.05) is 39.8 Å². The maximum absolute atomic E-state index is 12.9. The maximum Gasteiger partial charge on any atom is 0.318 e. The average Bonchev–Trinajstić information content (AvgIpc) is 2.65. The summed E-state index contributed by atoms with van der Waals surface area (Å²) in [6.07, 6.45) is 0.801. The van der Waals surface area contributed by atoms with E-state index in [9.17, 15) is 9.59 Å². The number of nitrogens with zero attached hydrogens (tertiary/aromatic N) is 2. The van der Waals surface area contributed by atoms with Gasteiger partial charge >= 0.3 is 12.0 Å². The van der Waals surface area contributed by atoms with Crippen LogP contribution in [0.5, 0.6) is 0 Å². The van der Waals surface area contributed by atoms with Gasteiger partial charge < -0.3 is 20.1 Å². The highest BCUT2D eigenvalue weighted by Gasteiger charge is 2.28. The SMILES string of the molecule is CCc1ccc(C(NC(=O)N2CCOC(CN(C)CC(=O)O)C2)C(C)C)cc1. The number of carbonyl (C=O) groups is 2. The topological polar surface area (TPSA) is 82.1 Å². The highest BCUT2D eigenvalue weighted by atomic mass is 16.5. The Hall–Kier alpha value is -2.12. The van der Waals surface area contributed by atoms with E-state index in [0.29, 0.717) is 26.2 Å². The molecule has 1 fully saturated rings. The summed E-state index contributed by atoms with van der Waals surface area (Å²) in [5.41, 5.74) is 2.38. The molecule has 28 heavy (non-hydrogen) atoms. The largest absolute Gasteiger partial charge is 0.480 e. The third kappa shape index (κ3) is 6.49. The molecule has 1 aliphatic heterocycles. The van der Waals surface area contributed by atoms with Crippen LogP contribution >= 0.6 is 0 Å². The van der Waals surface area contributed by atoms with Gasteiger partial charge in [-0.2, -0.15) is 0 Å². The lowest BCUT2D eigenvalue weighted by Crippen LogP contribution is -2.53. The van der Waals surface area contributed by atoms with Gasteiger partial charge in [-0.15, -0.1) is 0 Å². The number of carbonyl (C=O) groups excluding carboxylic acids is 1. The van der Waals surface area contributed by atoms with Crippen LogP contribution in [0.1, 0.15) is 37.9 Å². The minimum absolute atomic E-state index is 0.0464. The first-order valence-electron chi connectivity index (χ1n) is 9.96. The molecular weight excluding hydrogens is 358 g/mol. The van der Waals surface area contributed by atoms with Crippen molar-refractivity contribution in [3.63, 3.8) is 0 Å². The minimum atomic E-state index is -0.873. The van der Waals surface area contributed by atoms with Crippen molar-refractivity contribution < 1.29 is 19.4 Å². The van der Waals surface area contributed by atoms with E-state index in [1.807, 2.05) is 0 Å². The zero-order chi connectivity index (χ0) is 20.7. The van der Waals surface area contributed by atoms with Crippen LogP contribution in [0.4, 0.5) is 4.79 Å². The van der Waals surface area contributed by atoms with Gasteiger partial charge in [-0.05, 0) is 30.5 Å². The number of aryl methyl sites for hydroxylation is 1. The number of benzene rings is 1. The predicted octanol–water partition coefficient (Wildman–Crippen LogP) is 2.37. The van der Waals surface area contributed by atoms with E-state index in [2.05, 4.69) is 50.4 Å². The monoisotopic (exact) mass is 391 g/mol. The van der Waals surface area contributed by atoms with Gasteiger partial charge in [-0.1, -0.05) is 45.0 Å². The highest BCUT2D eigenvalue weighted by molar-refractivity contribution is 5.75. The van der Waals surface area contributed by atoms with Gasteiger partial charge in [0.15, 0.2) is 0 Å². The lowest BCUT2D eigenvalue weighted by Gasteiger charge is -2.36. The van der Waals surface area contributed by atoms with Gasteiger partial charge in [-0.25, -0.2) is 4.79 Å². The van der Waals surface area contributed by atoms with Crippen LogP contribution in [0.3, 0.4) is 0 Å². The van der Waals surface area contributed by atoms with Crippen molar-refractivity contribution in [1.29, 1.82) is 0 Å². The Bertz CT molecular complexity index is 648. The average molecular weight is 392 g/mol. The first kappa shape index (κ1) is 22.2. The summed E-state index contributed by atoms with van der Waals surface area (Å²) in [5, 5.41) is 12.1. The maximum atomic E-state index is 12.9. The second-order valence-corrected chi connectivity index (χ2v) is 7.80. The van der Waals surface area contributed by atoms with Gasteiger partial charge in [-0.3, -0.25) is 9.69 Å². The molecule has 2 unspecified atom stereocenters. The third-order valence-electron chi connectivity index (χ3n) is 5.04. The number of nitrogens with one attached hydrogen (secondary N) is 1. The highest BCUT2D eigenvalue weighted by Crippen LogP contribution is 2.23.